The second-order valence-electron chi connectivity index (χ2n) is 8.53. The summed E-state index contributed by atoms with van der Waals surface area (Å²) in [5.74, 6) is -1.16. The fourth-order valence-electron chi connectivity index (χ4n) is 4.78. The van der Waals surface area contributed by atoms with E-state index < -0.39 is 21.7 Å². The van der Waals surface area contributed by atoms with Crippen LogP contribution >= 0.6 is 0 Å². The number of H-pyrrole nitrogens is 1. The van der Waals surface area contributed by atoms with Crippen molar-refractivity contribution < 1.29 is 17.6 Å². The summed E-state index contributed by atoms with van der Waals surface area (Å²) in [6.45, 7) is 0.574. The van der Waals surface area contributed by atoms with E-state index in [9.17, 15) is 17.6 Å². The van der Waals surface area contributed by atoms with Crippen LogP contribution in [0.1, 0.15) is 34.7 Å². The SMILES string of the molecule is NC(=O)c1cc(-c2ccccc2)cc2c(C3CCN(S(=O)(=O)c4ccccc4F)CC3)c[nH]c12. The summed E-state index contributed by atoms with van der Waals surface area (Å²) >= 11 is 0. The van der Waals surface area contributed by atoms with Crippen LogP contribution in [0.3, 0.4) is 0 Å². The number of hydrogen-bond donors (Lipinski definition) is 2. The van der Waals surface area contributed by atoms with E-state index in [2.05, 4.69) is 4.98 Å². The fraction of sp³-hybridized carbons (Fsp3) is 0.192. The summed E-state index contributed by atoms with van der Waals surface area (Å²) in [6.07, 6.45) is 3.06. The summed E-state index contributed by atoms with van der Waals surface area (Å²) in [5.41, 5.74) is 9.68. The molecule has 0 spiro atoms. The number of amides is 1. The predicted octanol–water partition coefficient (Wildman–Crippen LogP) is 4.64. The molecule has 3 aromatic carbocycles. The van der Waals surface area contributed by atoms with Gasteiger partial charge in [-0.1, -0.05) is 42.5 Å². The van der Waals surface area contributed by atoms with Gasteiger partial charge in [0.05, 0.1) is 11.1 Å². The number of carbonyl (C=O) groups is 1. The topological polar surface area (TPSA) is 96.3 Å². The Balaban J connectivity index is 1.46. The average molecular weight is 478 g/mol. The molecule has 3 N–H and O–H groups in total. The number of carbonyl (C=O) groups excluding carboxylic acids is 1. The molecule has 6 nitrogen and oxygen atoms in total. The fourth-order valence-corrected chi connectivity index (χ4v) is 6.32. The van der Waals surface area contributed by atoms with Gasteiger partial charge in [0.15, 0.2) is 0 Å². The third kappa shape index (κ3) is 3.89. The number of primary amides is 1. The second kappa shape index (κ2) is 8.70. The first-order chi connectivity index (χ1) is 16.4. The normalized spacial score (nSPS) is 15.6. The lowest BCUT2D eigenvalue weighted by molar-refractivity contribution is 0.100. The smallest absolute Gasteiger partial charge is 0.250 e. The molecule has 1 aliphatic heterocycles. The van der Waals surface area contributed by atoms with Crippen molar-refractivity contribution in [1.82, 2.24) is 9.29 Å². The quantitative estimate of drug-likeness (QED) is 0.438. The highest BCUT2D eigenvalue weighted by molar-refractivity contribution is 7.89. The van der Waals surface area contributed by atoms with Crippen LogP contribution in [0.2, 0.25) is 0 Å². The van der Waals surface area contributed by atoms with E-state index in [0.717, 1.165) is 28.1 Å². The molecule has 1 fully saturated rings. The van der Waals surface area contributed by atoms with Gasteiger partial charge in [-0.25, -0.2) is 12.8 Å². The van der Waals surface area contributed by atoms with E-state index in [1.54, 1.807) is 6.07 Å². The minimum Gasteiger partial charge on any atom is -0.366 e. The molecule has 1 aromatic heterocycles. The number of sulfonamides is 1. The number of aromatic amines is 1. The van der Waals surface area contributed by atoms with Crippen LogP contribution < -0.4 is 5.73 Å². The summed E-state index contributed by atoms with van der Waals surface area (Å²) in [5, 5.41) is 0.908. The summed E-state index contributed by atoms with van der Waals surface area (Å²) in [6, 6.07) is 19.1. The molecular weight excluding hydrogens is 453 g/mol. The molecule has 34 heavy (non-hydrogen) atoms. The lowest BCUT2D eigenvalue weighted by Gasteiger charge is -2.31. The third-order valence-corrected chi connectivity index (χ3v) is 8.47. The summed E-state index contributed by atoms with van der Waals surface area (Å²) in [7, 11) is -3.90. The second-order valence-corrected chi connectivity index (χ2v) is 10.4. The molecule has 0 saturated carbocycles. The lowest BCUT2D eigenvalue weighted by Crippen LogP contribution is -2.38. The number of nitrogens with zero attached hydrogens (tertiary/aromatic N) is 1. The molecular formula is C26H24FN3O3S. The summed E-state index contributed by atoms with van der Waals surface area (Å²) in [4.78, 5) is 15.1. The molecule has 5 rings (SSSR count). The Morgan fingerprint density at radius 1 is 0.971 bits per heavy atom. The number of nitrogens with two attached hydrogens (primary N) is 1. The highest BCUT2D eigenvalue weighted by Gasteiger charge is 2.32. The van der Waals surface area contributed by atoms with Crippen molar-refractivity contribution in [2.24, 2.45) is 5.73 Å². The standard InChI is InChI=1S/C26H24FN3O3S/c27-23-8-4-5-9-24(23)34(32,33)30-12-10-18(11-13-30)22-16-29-25-20(22)14-19(15-21(25)26(28)31)17-6-2-1-3-7-17/h1-9,14-16,18,29H,10-13H2,(H2,28,31). The minimum atomic E-state index is -3.90. The minimum absolute atomic E-state index is 0.0903. The van der Waals surface area contributed by atoms with Gasteiger partial charge in [0.25, 0.3) is 5.91 Å². The first-order valence-electron chi connectivity index (χ1n) is 11.1. The predicted molar refractivity (Wildman–Crippen MR) is 129 cm³/mol. The maximum atomic E-state index is 14.1. The van der Waals surface area contributed by atoms with E-state index in [0.29, 0.717) is 23.9 Å². The highest BCUT2D eigenvalue weighted by atomic mass is 32.2. The third-order valence-electron chi connectivity index (χ3n) is 6.54. The molecule has 1 aliphatic rings. The van der Waals surface area contributed by atoms with Gasteiger partial charge in [-0.3, -0.25) is 4.79 Å². The number of hydrogen-bond acceptors (Lipinski definition) is 3. The first-order valence-corrected chi connectivity index (χ1v) is 12.5. The molecule has 174 valence electrons. The Morgan fingerprint density at radius 3 is 2.32 bits per heavy atom. The molecule has 2 heterocycles. The Labute approximate surface area is 197 Å². The number of fused-ring (bicyclic) bond motifs is 1. The monoisotopic (exact) mass is 477 g/mol. The van der Waals surface area contributed by atoms with Crippen molar-refractivity contribution in [2.45, 2.75) is 23.7 Å². The van der Waals surface area contributed by atoms with Crippen LogP contribution in [-0.4, -0.2) is 36.7 Å². The van der Waals surface area contributed by atoms with Crippen LogP contribution in [-0.2, 0) is 10.0 Å². The Bertz CT molecular complexity index is 1470. The zero-order valence-electron chi connectivity index (χ0n) is 18.4. The van der Waals surface area contributed by atoms with E-state index in [1.165, 1.54) is 22.5 Å². The number of piperidine rings is 1. The van der Waals surface area contributed by atoms with Crippen molar-refractivity contribution in [3.8, 4) is 11.1 Å². The van der Waals surface area contributed by atoms with E-state index in [-0.39, 0.29) is 23.9 Å². The van der Waals surface area contributed by atoms with Crippen LogP contribution in [0.5, 0.6) is 0 Å². The van der Waals surface area contributed by atoms with Gasteiger partial charge in [0, 0.05) is 24.7 Å². The molecule has 0 unspecified atom stereocenters. The molecule has 8 heteroatoms. The molecule has 0 bridgehead atoms. The zero-order valence-corrected chi connectivity index (χ0v) is 19.2. The van der Waals surface area contributed by atoms with Gasteiger partial charge >= 0.3 is 0 Å². The number of benzene rings is 3. The van der Waals surface area contributed by atoms with Gasteiger partial charge in [-0.15, -0.1) is 0 Å². The molecule has 1 saturated heterocycles. The van der Waals surface area contributed by atoms with Crippen LogP contribution in [0.4, 0.5) is 4.39 Å². The maximum absolute atomic E-state index is 14.1. The number of halogens is 1. The maximum Gasteiger partial charge on any atom is 0.250 e. The van der Waals surface area contributed by atoms with Gasteiger partial charge in [0.2, 0.25) is 10.0 Å². The average Bonchev–Trinajstić information content (AvgIpc) is 3.28. The Morgan fingerprint density at radius 2 is 1.65 bits per heavy atom. The van der Waals surface area contributed by atoms with Crippen molar-refractivity contribution in [2.75, 3.05) is 13.1 Å². The van der Waals surface area contributed by atoms with E-state index in [1.807, 2.05) is 42.6 Å². The van der Waals surface area contributed by atoms with Crippen molar-refractivity contribution in [1.29, 1.82) is 0 Å². The van der Waals surface area contributed by atoms with Crippen molar-refractivity contribution in [3.05, 3.63) is 89.9 Å². The van der Waals surface area contributed by atoms with Gasteiger partial charge in [-0.2, -0.15) is 4.31 Å². The molecule has 4 aromatic rings. The lowest BCUT2D eigenvalue weighted by atomic mass is 9.88. The zero-order chi connectivity index (χ0) is 23.9. The Hall–Kier alpha value is -3.49. The highest BCUT2D eigenvalue weighted by Crippen LogP contribution is 2.37. The van der Waals surface area contributed by atoms with Crippen molar-refractivity contribution >= 4 is 26.8 Å². The van der Waals surface area contributed by atoms with E-state index in [4.69, 9.17) is 5.73 Å². The van der Waals surface area contributed by atoms with Gasteiger partial charge in [0.1, 0.15) is 10.7 Å². The van der Waals surface area contributed by atoms with Crippen LogP contribution in [0, 0.1) is 5.82 Å². The van der Waals surface area contributed by atoms with Gasteiger partial charge < -0.3 is 10.7 Å². The summed E-state index contributed by atoms with van der Waals surface area (Å²) < 4.78 is 41.4. The van der Waals surface area contributed by atoms with Crippen molar-refractivity contribution in [3.63, 3.8) is 0 Å². The largest absolute Gasteiger partial charge is 0.366 e. The Kier molecular flexibility index (Phi) is 5.71. The number of nitrogens with one attached hydrogen (secondary N) is 1. The van der Waals surface area contributed by atoms with Gasteiger partial charge in [-0.05, 0) is 59.7 Å². The number of aromatic nitrogens is 1. The molecule has 1 amide bonds. The number of rotatable bonds is 5. The molecule has 0 aliphatic carbocycles. The van der Waals surface area contributed by atoms with Crippen LogP contribution in [0.15, 0.2) is 77.8 Å². The first kappa shape index (κ1) is 22.3. The molecule has 0 atom stereocenters. The van der Waals surface area contributed by atoms with Crippen LogP contribution in [0.25, 0.3) is 22.0 Å². The van der Waals surface area contributed by atoms with E-state index >= 15 is 0 Å². The molecule has 0 radical (unpaired) electrons.